The average Bonchev–Trinajstić information content (AvgIpc) is 3.59. The van der Waals surface area contributed by atoms with Crippen molar-refractivity contribution in [3.63, 3.8) is 0 Å². The molecule has 3 aromatic carbocycles. The summed E-state index contributed by atoms with van der Waals surface area (Å²) in [6.07, 6.45) is 1.79. The van der Waals surface area contributed by atoms with Gasteiger partial charge in [-0.1, -0.05) is 47.2 Å². The van der Waals surface area contributed by atoms with Gasteiger partial charge in [-0.05, 0) is 83.7 Å². The number of halogens is 1. The Labute approximate surface area is 265 Å². The van der Waals surface area contributed by atoms with Crippen LogP contribution in [0.4, 0.5) is 0 Å². The van der Waals surface area contributed by atoms with E-state index in [0.29, 0.717) is 48.1 Å². The number of hydrogen-bond donors (Lipinski definition) is 0. The number of hydrogen-bond acceptors (Lipinski definition) is 9. The fourth-order valence-electron chi connectivity index (χ4n) is 5.16. The minimum absolute atomic E-state index is 0.206. The Morgan fingerprint density at radius 1 is 1.11 bits per heavy atom. The van der Waals surface area contributed by atoms with Crippen LogP contribution in [0.5, 0.6) is 23.0 Å². The van der Waals surface area contributed by atoms with Crippen LogP contribution in [-0.4, -0.2) is 31.0 Å². The van der Waals surface area contributed by atoms with Crippen LogP contribution in [-0.2, 0) is 16.1 Å². The van der Waals surface area contributed by atoms with E-state index in [9.17, 15) is 9.59 Å². The van der Waals surface area contributed by atoms with E-state index in [4.69, 9.17) is 23.7 Å². The first kappa shape index (κ1) is 29.7. The number of rotatable bonds is 8. The van der Waals surface area contributed by atoms with E-state index in [1.807, 2.05) is 61.5 Å². The molecule has 2 aliphatic rings. The summed E-state index contributed by atoms with van der Waals surface area (Å²) in [5.41, 5.74) is 4.12. The minimum atomic E-state index is -0.665. The second kappa shape index (κ2) is 12.3. The minimum Gasteiger partial charge on any atom is -0.493 e. The molecule has 9 nitrogen and oxygen atoms in total. The average molecular weight is 678 g/mol. The van der Waals surface area contributed by atoms with Crippen LogP contribution >= 0.6 is 27.3 Å². The molecule has 0 amide bonds. The van der Waals surface area contributed by atoms with Crippen molar-refractivity contribution >= 4 is 39.3 Å². The number of aryl methyl sites for hydroxylation is 1. The fourth-order valence-corrected chi connectivity index (χ4v) is 6.78. The Morgan fingerprint density at radius 3 is 2.64 bits per heavy atom. The molecule has 11 heteroatoms. The predicted molar refractivity (Wildman–Crippen MR) is 169 cm³/mol. The highest BCUT2D eigenvalue weighted by atomic mass is 79.9. The first-order valence-electron chi connectivity index (χ1n) is 13.9. The maximum absolute atomic E-state index is 14.0. The van der Waals surface area contributed by atoms with Gasteiger partial charge in [0.15, 0.2) is 27.8 Å². The van der Waals surface area contributed by atoms with Gasteiger partial charge >= 0.3 is 5.97 Å². The van der Waals surface area contributed by atoms with Crippen molar-refractivity contribution in [2.24, 2.45) is 4.99 Å². The quantitative estimate of drug-likeness (QED) is 0.237. The third-order valence-electron chi connectivity index (χ3n) is 7.28. The summed E-state index contributed by atoms with van der Waals surface area (Å²) in [7, 11) is 1.56. The van der Waals surface area contributed by atoms with Crippen LogP contribution < -0.4 is 33.8 Å². The monoisotopic (exact) mass is 676 g/mol. The number of fused-ring (bicyclic) bond motifs is 2. The molecule has 44 heavy (non-hydrogen) atoms. The number of benzene rings is 3. The number of nitrogens with zero attached hydrogens (tertiary/aromatic N) is 2. The number of methoxy groups -OCH3 is 1. The van der Waals surface area contributed by atoms with Gasteiger partial charge in [0.25, 0.3) is 5.56 Å². The van der Waals surface area contributed by atoms with Gasteiger partial charge in [0, 0.05) is 0 Å². The van der Waals surface area contributed by atoms with E-state index in [1.165, 1.54) is 11.3 Å². The molecule has 0 bridgehead atoms. The fraction of sp³-hybridized carbons (Fsp3) is 0.242. The molecule has 4 aromatic rings. The van der Waals surface area contributed by atoms with Crippen molar-refractivity contribution in [3.8, 4) is 23.0 Å². The first-order valence-corrected chi connectivity index (χ1v) is 15.5. The van der Waals surface area contributed by atoms with E-state index in [1.54, 1.807) is 31.6 Å². The lowest BCUT2D eigenvalue weighted by molar-refractivity contribution is -0.139. The molecule has 0 fully saturated rings. The molecule has 0 spiro atoms. The third-order valence-corrected chi connectivity index (χ3v) is 8.85. The molecule has 1 aromatic heterocycles. The molecule has 0 saturated carbocycles. The van der Waals surface area contributed by atoms with E-state index in [-0.39, 0.29) is 25.6 Å². The van der Waals surface area contributed by atoms with Crippen molar-refractivity contribution in [3.05, 3.63) is 112 Å². The van der Waals surface area contributed by atoms with E-state index < -0.39 is 12.0 Å². The summed E-state index contributed by atoms with van der Waals surface area (Å²) >= 11 is 4.88. The molecule has 2 aliphatic heterocycles. The predicted octanol–water partition coefficient (Wildman–Crippen LogP) is 5.19. The number of carbonyl (C=O) groups excluding carboxylic acids is 1. The molecule has 3 heterocycles. The summed E-state index contributed by atoms with van der Waals surface area (Å²) in [6, 6.07) is 16.4. The largest absolute Gasteiger partial charge is 0.493 e. The third kappa shape index (κ3) is 5.65. The zero-order valence-electron chi connectivity index (χ0n) is 24.5. The standard InChI is InChI=1S/C33H29BrN2O7S/c1-5-40-32(38)28-19(3)35-33-36(29(28)22-9-6-18(2)7-10-22)31(37)27(44-33)15-21-12-23(34)30(26(14-21)39-4)41-16-20-8-11-24-25(13-20)43-17-42-24/h6-15,29H,5,16-17H2,1-4H3/b27-15+/t29-/m1/s1. The number of carbonyl (C=O) groups is 1. The molecule has 6 rings (SSSR count). The maximum atomic E-state index is 14.0. The Bertz CT molecular complexity index is 1980. The molecule has 0 saturated heterocycles. The summed E-state index contributed by atoms with van der Waals surface area (Å²) in [5.74, 6) is 1.93. The molecule has 1 atom stereocenters. The van der Waals surface area contributed by atoms with Crippen molar-refractivity contribution in [1.82, 2.24) is 4.57 Å². The molecular weight excluding hydrogens is 648 g/mol. The Kier molecular flexibility index (Phi) is 8.33. The summed E-state index contributed by atoms with van der Waals surface area (Å²) in [5, 5.41) is 0. The van der Waals surface area contributed by atoms with Crippen LogP contribution in [0.2, 0.25) is 0 Å². The normalized spacial score (nSPS) is 15.6. The number of ether oxygens (including phenoxy) is 5. The molecular formula is C33H29BrN2O7S. The van der Waals surface area contributed by atoms with Crippen molar-refractivity contribution in [2.45, 2.75) is 33.4 Å². The van der Waals surface area contributed by atoms with Gasteiger partial charge in [0.1, 0.15) is 6.61 Å². The van der Waals surface area contributed by atoms with Gasteiger partial charge in [-0.15, -0.1) is 0 Å². The van der Waals surface area contributed by atoms with Crippen LogP contribution in [0.3, 0.4) is 0 Å². The van der Waals surface area contributed by atoms with Crippen molar-refractivity contribution < 1.29 is 28.5 Å². The Balaban J connectivity index is 1.37. The maximum Gasteiger partial charge on any atom is 0.338 e. The molecule has 226 valence electrons. The zero-order chi connectivity index (χ0) is 31.0. The number of aromatic nitrogens is 1. The van der Waals surface area contributed by atoms with Crippen LogP contribution in [0, 0.1) is 6.92 Å². The summed E-state index contributed by atoms with van der Waals surface area (Å²) < 4.78 is 30.7. The lowest BCUT2D eigenvalue weighted by Crippen LogP contribution is -2.39. The van der Waals surface area contributed by atoms with Crippen LogP contribution in [0.1, 0.15) is 42.1 Å². The van der Waals surface area contributed by atoms with E-state index in [2.05, 4.69) is 20.9 Å². The molecule has 0 unspecified atom stereocenters. The van der Waals surface area contributed by atoms with Gasteiger partial charge in [-0.3, -0.25) is 9.36 Å². The first-order chi connectivity index (χ1) is 21.3. The van der Waals surface area contributed by atoms with Gasteiger partial charge in [-0.25, -0.2) is 9.79 Å². The van der Waals surface area contributed by atoms with Crippen LogP contribution in [0.25, 0.3) is 6.08 Å². The molecule has 0 aliphatic carbocycles. The summed E-state index contributed by atoms with van der Waals surface area (Å²) in [4.78, 5) is 32.2. The SMILES string of the molecule is CCOC(=O)C1=C(C)N=c2s/c(=C/c3cc(Br)c(OCc4ccc5c(c4)OCO5)c(OC)c3)c(=O)n2[C@@H]1c1ccc(C)cc1. The second-order valence-corrected chi connectivity index (χ2v) is 12.1. The van der Waals surface area contributed by atoms with Crippen molar-refractivity contribution in [2.75, 3.05) is 20.5 Å². The van der Waals surface area contributed by atoms with Gasteiger partial charge in [0.2, 0.25) is 6.79 Å². The smallest absolute Gasteiger partial charge is 0.338 e. The van der Waals surface area contributed by atoms with Gasteiger partial charge in [0.05, 0.1) is 40.0 Å². The van der Waals surface area contributed by atoms with Gasteiger partial charge in [-0.2, -0.15) is 0 Å². The van der Waals surface area contributed by atoms with Crippen molar-refractivity contribution in [1.29, 1.82) is 0 Å². The lowest BCUT2D eigenvalue weighted by Gasteiger charge is -2.24. The second-order valence-electron chi connectivity index (χ2n) is 10.2. The summed E-state index contributed by atoms with van der Waals surface area (Å²) in [6.45, 7) is 6.22. The van der Waals surface area contributed by atoms with E-state index >= 15 is 0 Å². The number of esters is 1. The zero-order valence-corrected chi connectivity index (χ0v) is 26.9. The number of thiazole rings is 1. The van der Waals surface area contributed by atoms with E-state index in [0.717, 1.165) is 22.3 Å². The number of allylic oxidation sites excluding steroid dienone is 1. The lowest BCUT2D eigenvalue weighted by atomic mass is 9.95. The Hall–Kier alpha value is -4.35. The molecule has 0 radical (unpaired) electrons. The highest BCUT2D eigenvalue weighted by molar-refractivity contribution is 9.10. The highest BCUT2D eigenvalue weighted by Gasteiger charge is 2.33. The Morgan fingerprint density at radius 2 is 1.89 bits per heavy atom. The van der Waals surface area contributed by atoms with Crippen LogP contribution in [0.15, 0.2) is 80.1 Å². The highest BCUT2D eigenvalue weighted by Crippen LogP contribution is 2.38. The molecule has 0 N–H and O–H groups in total. The topological polar surface area (TPSA) is 97.6 Å². The van der Waals surface area contributed by atoms with Gasteiger partial charge < -0.3 is 23.7 Å².